The third-order valence-electron chi connectivity index (χ3n) is 2.13. The van der Waals surface area contributed by atoms with Crippen molar-refractivity contribution in [3.8, 4) is 0 Å². The highest BCUT2D eigenvalue weighted by Crippen LogP contribution is 2.11. The van der Waals surface area contributed by atoms with Crippen molar-refractivity contribution in [3.05, 3.63) is 35.9 Å². The van der Waals surface area contributed by atoms with E-state index in [9.17, 15) is 9.59 Å². The van der Waals surface area contributed by atoms with Crippen LogP contribution in [-0.4, -0.2) is 23.9 Å². The maximum Gasteiger partial charge on any atom is 0.302 e. The normalized spacial score (nSPS) is 13.1. The van der Waals surface area contributed by atoms with Gasteiger partial charge in [0, 0.05) is 12.5 Å². The van der Waals surface area contributed by atoms with E-state index in [1.165, 1.54) is 6.92 Å². The lowest BCUT2D eigenvalue weighted by Gasteiger charge is -2.22. The van der Waals surface area contributed by atoms with Crippen LogP contribution in [0.3, 0.4) is 0 Å². The molecule has 0 aliphatic heterocycles. The van der Waals surface area contributed by atoms with Crippen LogP contribution in [0.2, 0.25) is 0 Å². The van der Waals surface area contributed by atoms with E-state index >= 15 is 0 Å². The third kappa shape index (κ3) is 4.54. The first-order valence-electron chi connectivity index (χ1n) is 4.95. The molecule has 0 saturated heterocycles. The summed E-state index contributed by atoms with van der Waals surface area (Å²) in [5, 5.41) is 0. The minimum atomic E-state index is -1.19. The number of hydrogen-bond acceptors (Lipinski definition) is 4. The van der Waals surface area contributed by atoms with Gasteiger partial charge in [-0.15, -0.1) is 12.4 Å². The molecule has 0 radical (unpaired) electrons. The molecule has 4 nitrogen and oxygen atoms in total. The van der Waals surface area contributed by atoms with Gasteiger partial charge in [-0.25, -0.2) is 0 Å². The molecule has 5 heteroatoms. The first-order valence-corrected chi connectivity index (χ1v) is 4.95. The fourth-order valence-electron chi connectivity index (χ4n) is 1.24. The second-order valence-corrected chi connectivity index (χ2v) is 3.89. The highest BCUT2D eigenvalue weighted by atomic mass is 35.5. The fourth-order valence-corrected chi connectivity index (χ4v) is 1.24. The molecule has 0 amide bonds. The number of benzene rings is 1. The highest BCUT2D eigenvalue weighted by molar-refractivity contribution is 6.03. The number of ketones is 1. The molecule has 1 rings (SSSR count). The van der Waals surface area contributed by atoms with Crippen molar-refractivity contribution in [3.63, 3.8) is 0 Å². The number of hydrogen-bond donors (Lipinski definition) is 1. The molecule has 0 aromatic heterocycles. The van der Waals surface area contributed by atoms with Crippen LogP contribution in [0.15, 0.2) is 30.3 Å². The standard InChI is InChI=1S/C12H15NO3.ClH/c1-9(14)16-8-12(2,13)11(15)10-6-4-3-5-7-10;/h3-7H,8,13H2,1-2H3;1H. The molecule has 0 aliphatic rings. The van der Waals surface area contributed by atoms with Gasteiger partial charge in [-0.1, -0.05) is 30.3 Å². The van der Waals surface area contributed by atoms with Crippen molar-refractivity contribution in [2.24, 2.45) is 5.73 Å². The van der Waals surface area contributed by atoms with E-state index in [1.807, 2.05) is 6.07 Å². The zero-order chi connectivity index (χ0) is 12.2. The SMILES string of the molecule is CC(=O)OCC(C)(N)C(=O)c1ccccc1.Cl. The summed E-state index contributed by atoms with van der Waals surface area (Å²) >= 11 is 0. The first-order chi connectivity index (χ1) is 7.43. The lowest BCUT2D eigenvalue weighted by molar-refractivity contribution is -0.142. The van der Waals surface area contributed by atoms with Crippen LogP contribution >= 0.6 is 12.4 Å². The van der Waals surface area contributed by atoms with Gasteiger partial charge < -0.3 is 10.5 Å². The lowest BCUT2D eigenvalue weighted by Crippen LogP contribution is -2.49. The molecule has 2 N–H and O–H groups in total. The summed E-state index contributed by atoms with van der Waals surface area (Å²) in [6, 6.07) is 8.70. The van der Waals surface area contributed by atoms with Crippen molar-refractivity contribution in [1.82, 2.24) is 0 Å². The number of carbonyl (C=O) groups is 2. The maximum atomic E-state index is 12.0. The summed E-state index contributed by atoms with van der Waals surface area (Å²) in [4.78, 5) is 22.6. The van der Waals surface area contributed by atoms with Crippen LogP contribution in [0.4, 0.5) is 0 Å². The average molecular weight is 258 g/mol. The number of esters is 1. The van der Waals surface area contributed by atoms with E-state index in [4.69, 9.17) is 10.5 Å². The molecular weight excluding hydrogens is 242 g/mol. The van der Waals surface area contributed by atoms with Crippen molar-refractivity contribution in [1.29, 1.82) is 0 Å². The molecule has 0 heterocycles. The van der Waals surface area contributed by atoms with E-state index in [0.29, 0.717) is 5.56 Å². The summed E-state index contributed by atoms with van der Waals surface area (Å²) in [5.74, 6) is -0.688. The van der Waals surface area contributed by atoms with Crippen molar-refractivity contribution in [2.45, 2.75) is 19.4 Å². The number of nitrogens with two attached hydrogens (primary N) is 1. The van der Waals surface area contributed by atoms with E-state index in [0.717, 1.165) is 0 Å². The van der Waals surface area contributed by atoms with Crippen molar-refractivity contribution in [2.75, 3.05) is 6.61 Å². The number of ether oxygens (including phenoxy) is 1. The monoisotopic (exact) mass is 257 g/mol. The van der Waals surface area contributed by atoms with Gasteiger partial charge in [-0.05, 0) is 6.92 Å². The first kappa shape index (κ1) is 15.6. The van der Waals surface area contributed by atoms with Crippen molar-refractivity contribution < 1.29 is 14.3 Å². The van der Waals surface area contributed by atoms with E-state index < -0.39 is 11.5 Å². The minimum absolute atomic E-state index is 0. The Balaban J connectivity index is 0.00000256. The molecule has 1 aromatic rings. The Kier molecular flexibility index (Phi) is 5.85. The van der Waals surface area contributed by atoms with E-state index in [2.05, 4.69) is 0 Å². The van der Waals surface area contributed by atoms with Gasteiger partial charge in [0.25, 0.3) is 0 Å². The molecule has 0 spiro atoms. The molecule has 17 heavy (non-hydrogen) atoms. The van der Waals surface area contributed by atoms with Gasteiger partial charge in [0.15, 0.2) is 5.78 Å². The van der Waals surface area contributed by atoms with Crippen molar-refractivity contribution >= 4 is 24.2 Å². The fraction of sp³-hybridized carbons (Fsp3) is 0.333. The summed E-state index contributed by atoms with van der Waals surface area (Å²) in [6.07, 6.45) is 0. The summed E-state index contributed by atoms with van der Waals surface area (Å²) in [7, 11) is 0. The smallest absolute Gasteiger partial charge is 0.302 e. The van der Waals surface area contributed by atoms with Gasteiger partial charge in [0.1, 0.15) is 12.1 Å². The number of Topliss-reactive ketones (excluding diaryl/α,β-unsaturated/α-hetero) is 1. The molecule has 94 valence electrons. The summed E-state index contributed by atoms with van der Waals surface area (Å²) in [5.41, 5.74) is 5.14. The Morgan fingerprint density at radius 3 is 2.29 bits per heavy atom. The molecular formula is C12H16ClNO3. The van der Waals surface area contributed by atoms with Crippen LogP contribution in [0, 0.1) is 0 Å². The lowest BCUT2D eigenvalue weighted by atomic mass is 9.93. The Bertz CT molecular complexity index is 390. The second kappa shape index (κ2) is 6.37. The van der Waals surface area contributed by atoms with Crippen LogP contribution in [0.5, 0.6) is 0 Å². The highest BCUT2D eigenvalue weighted by Gasteiger charge is 2.30. The van der Waals surface area contributed by atoms with Gasteiger partial charge in [0.05, 0.1) is 0 Å². The van der Waals surface area contributed by atoms with Crippen LogP contribution in [0.1, 0.15) is 24.2 Å². The van der Waals surface area contributed by atoms with Crippen LogP contribution in [-0.2, 0) is 9.53 Å². The zero-order valence-electron chi connectivity index (χ0n) is 9.80. The zero-order valence-corrected chi connectivity index (χ0v) is 10.6. The Hall–Kier alpha value is -1.39. The number of halogens is 1. The Morgan fingerprint density at radius 2 is 1.82 bits per heavy atom. The minimum Gasteiger partial charge on any atom is -0.463 e. The second-order valence-electron chi connectivity index (χ2n) is 3.89. The molecule has 0 saturated carbocycles. The molecule has 1 unspecified atom stereocenters. The van der Waals surface area contributed by atoms with Gasteiger partial charge in [-0.2, -0.15) is 0 Å². The maximum absolute atomic E-state index is 12.0. The summed E-state index contributed by atoms with van der Waals surface area (Å²) < 4.78 is 4.76. The molecule has 0 bridgehead atoms. The molecule has 0 fully saturated rings. The predicted molar refractivity (Wildman–Crippen MR) is 67.2 cm³/mol. The molecule has 1 atom stereocenters. The molecule has 0 aliphatic carbocycles. The van der Waals surface area contributed by atoms with Gasteiger partial charge in [-0.3, -0.25) is 9.59 Å². The number of carbonyl (C=O) groups excluding carboxylic acids is 2. The Labute approximate surface area is 107 Å². The van der Waals surface area contributed by atoms with Gasteiger partial charge in [0.2, 0.25) is 0 Å². The quantitative estimate of drug-likeness (QED) is 0.657. The van der Waals surface area contributed by atoms with Gasteiger partial charge >= 0.3 is 5.97 Å². The number of rotatable bonds is 4. The predicted octanol–water partition coefficient (Wildman–Crippen LogP) is 1.57. The summed E-state index contributed by atoms with van der Waals surface area (Å²) in [6.45, 7) is 2.71. The largest absolute Gasteiger partial charge is 0.463 e. The average Bonchev–Trinajstić information content (AvgIpc) is 2.27. The Morgan fingerprint density at radius 1 is 1.29 bits per heavy atom. The third-order valence-corrected chi connectivity index (χ3v) is 2.13. The van der Waals surface area contributed by atoms with Crippen LogP contribution in [0.25, 0.3) is 0 Å². The van der Waals surface area contributed by atoms with E-state index in [-0.39, 0.29) is 24.8 Å². The van der Waals surface area contributed by atoms with Crippen LogP contribution < -0.4 is 5.73 Å². The molecule has 1 aromatic carbocycles. The topological polar surface area (TPSA) is 69.4 Å². The van der Waals surface area contributed by atoms with E-state index in [1.54, 1.807) is 31.2 Å².